The van der Waals surface area contributed by atoms with E-state index in [0.29, 0.717) is 0 Å². The van der Waals surface area contributed by atoms with Crippen LogP contribution in [-0.2, 0) is 21.7 Å². The molecule has 4 heterocycles. The van der Waals surface area contributed by atoms with Gasteiger partial charge >= 0.3 is 0 Å². The molecule has 0 saturated carbocycles. The Morgan fingerprint density at radius 3 is 1.79 bits per heavy atom. The molecule has 2 bridgehead atoms. The number of nitrogens with zero attached hydrogens (tertiary/aromatic N) is 3. The number of allylic oxidation sites excluding steroid dienone is 6. The first kappa shape index (κ1) is 43.3. The Labute approximate surface area is 400 Å². The van der Waals surface area contributed by atoms with Crippen LogP contribution in [0.15, 0.2) is 151 Å². The fourth-order valence-corrected chi connectivity index (χ4v) is 11.9. The summed E-state index contributed by atoms with van der Waals surface area (Å²) in [6, 6.07) is 47.4. The van der Waals surface area contributed by atoms with Gasteiger partial charge in [0.1, 0.15) is 0 Å². The van der Waals surface area contributed by atoms with E-state index in [1.807, 2.05) is 0 Å². The molecule has 4 aliphatic rings. The Morgan fingerprint density at radius 2 is 1.18 bits per heavy atom. The molecular weight excluding hydrogens is 810 g/mol. The summed E-state index contributed by atoms with van der Waals surface area (Å²) in [4.78, 5) is 5.18. The SMILES string of the molecule is C\C=C1/C=C\C(C(C)(C)C)=C\C(C)(C)c2ccc3c(c2)B2c4c(cccc4N(c4ccc(C(C)(C)C)cc4)c4c2n1c1c2c(ccc41)C(C)(C)c1ccccc1-2)N3c1ccc(C(C)(C)C)cc1. The fourth-order valence-electron chi connectivity index (χ4n) is 11.9. The second-order valence-corrected chi connectivity index (χ2v) is 23.9. The van der Waals surface area contributed by atoms with E-state index < -0.39 is 0 Å². The molecule has 7 aromatic rings. The van der Waals surface area contributed by atoms with Gasteiger partial charge in [0.25, 0.3) is 6.71 Å². The van der Waals surface area contributed by atoms with E-state index >= 15 is 0 Å². The number of hydrogen-bond donors (Lipinski definition) is 0. The smallest absolute Gasteiger partial charge is 0.273 e. The van der Waals surface area contributed by atoms with Gasteiger partial charge in [-0.05, 0) is 122 Å². The lowest BCUT2D eigenvalue weighted by atomic mass is 9.34. The zero-order valence-corrected chi connectivity index (χ0v) is 42.3. The molecule has 11 rings (SSSR count). The van der Waals surface area contributed by atoms with Crippen molar-refractivity contribution in [1.29, 1.82) is 0 Å². The van der Waals surface area contributed by atoms with Crippen LogP contribution in [0.3, 0.4) is 0 Å². The Bertz CT molecular complexity index is 3290. The van der Waals surface area contributed by atoms with Crippen LogP contribution in [-0.4, -0.2) is 11.3 Å². The summed E-state index contributed by atoms with van der Waals surface area (Å²) in [6.07, 6.45) is 9.73. The second kappa shape index (κ2) is 14.4. The quantitative estimate of drug-likeness (QED) is 0.160. The molecule has 1 aliphatic carbocycles. The third kappa shape index (κ3) is 6.38. The van der Waals surface area contributed by atoms with Gasteiger partial charge in [-0.2, -0.15) is 0 Å². The molecule has 67 heavy (non-hydrogen) atoms. The average molecular weight is 876 g/mol. The molecule has 0 spiro atoms. The lowest BCUT2D eigenvalue weighted by Crippen LogP contribution is -2.63. The molecule has 4 heteroatoms. The Balaban J connectivity index is 1.34. The minimum absolute atomic E-state index is 0.0239. The van der Waals surface area contributed by atoms with Gasteiger partial charge in [-0.1, -0.05) is 187 Å². The number of fused-ring (bicyclic) bond motifs is 8. The van der Waals surface area contributed by atoms with Gasteiger partial charge < -0.3 is 14.4 Å². The summed E-state index contributed by atoms with van der Waals surface area (Å²) in [5, 5.41) is 1.27. The van der Waals surface area contributed by atoms with Crippen molar-refractivity contribution in [1.82, 2.24) is 4.57 Å². The molecule has 0 unspecified atom stereocenters. The number of benzene rings is 6. The zero-order chi connectivity index (χ0) is 47.3. The van der Waals surface area contributed by atoms with Gasteiger partial charge in [-0.25, -0.2) is 0 Å². The summed E-state index contributed by atoms with van der Waals surface area (Å²) in [7, 11) is 0. The minimum atomic E-state index is -0.253. The lowest BCUT2D eigenvalue weighted by Gasteiger charge is -2.44. The van der Waals surface area contributed by atoms with Crippen LogP contribution in [0.2, 0.25) is 0 Å². The molecule has 0 saturated heterocycles. The highest BCUT2D eigenvalue weighted by molar-refractivity contribution is 7.00. The molecule has 336 valence electrons. The van der Waals surface area contributed by atoms with Gasteiger partial charge in [-0.15, -0.1) is 0 Å². The first-order valence-electron chi connectivity index (χ1n) is 24.6. The molecule has 3 aliphatic heterocycles. The summed E-state index contributed by atoms with van der Waals surface area (Å²) >= 11 is 0. The van der Waals surface area contributed by atoms with Gasteiger partial charge in [0.2, 0.25) is 0 Å². The van der Waals surface area contributed by atoms with Crippen molar-refractivity contribution < 1.29 is 0 Å². The molecule has 0 N–H and O–H groups in total. The highest BCUT2D eigenvalue weighted by Crippen LogP contribution is 2.55. The van der Waals surface area contributed by atoms with Crippen LogP contribution < -0.4 is 26.3 Å². The van der Waals surface area contributed by atoms with Crippen molar-refractivity contribution >= 4 is 74.0 Å². The minimum Gasteiger partial charge on any atom is -0.319 e. The van der Waals surface area contributed by atoms with Crippen molar-refractivity contribution in [2.45, 2.75) is 119 Å². The van der Waals surface area contributed by atoms with E-state index in [0.717, 1.165) is 0 Å². The highest BCUT2D eigenvalue weighted by atomic mass is 15.2. The van der Waals surface area contributed by atoms with Gasteiger partial charge in [0.15, 0.2) is 0 Å². The predicted molar refractivity (Wildman–Crippen MR) is 291 cm³/mol. The third-order valence-corrected chi connectivity index (χ3v) is 15.7. The van der Waals surface area contributed by atoms with Crippen molar-refractivity contribution in [3.05, 3.63) is 179 Å². The molecular formula is C63H66BN3. The van der Waals surface area contributed by atoms with Gasteiger partial charge in [-0.3, -0.25) is 0 Å². The maximum atomic E-state index is 2.70. The van der Waals surface area contributed by atoms with E-state index in [2.05, 4.69) is 257 Å². The largest absolute Gasteiger partial charge is 0.319 e. The summed E-state index contributed by atoms with van der Waals surface area (Å²) < 4.78 is 2.70. The number of aromatic nitrogens is 1. The van der Waals surface area contributed by atoms with Crippen molar-refractivity contribution in [2.75, 3.05) is 9.80 Å². The lowest BCUT2D eigenvalue weighted by molar-refractivity contribution is 0.504. The Kier molecular flexibility index (Phi) is 9.30. The summed E-state index contributed by atoms with van der Waals surface area (Å²) in [6.45, 7) is 32.7. The van der Waals surface area contributed by atoms with Gasteiger partial charge in [0.05, 0.1) is 11.2 Å². The molecule has 1 aromatic heterocycles. The maximum Gasteiger partial charge on any atom is 0.273 e. The predicted octanol–water partition coefficient (Wildman–Crippen LogP) is 15.3. The van der Waals surface area contributed by atoms with Crippen LogP contribution in [0.5, 0.6) is 0 Å². The number of rotatable bonds is 2. The summed E-state index contributed by atoms with van der Waals surface area (Å²) in [5.41, 5.74) is 24.0. The highest BCUT2D eigenvalue weighted by Gasteiger charge is 2.48. The van der Waals surface area contributed by atoms with Crippen LogP contribution >= 0.6 is 0 Å². The van der Waals surface area contributed by atoms with Crippen molar-refractivity contribution in [2.24, 2.45) is 5.41 Å². The average Bonchev–Trinajstić information content (AvgIpc) is 3.73. The fraction of sp³-hybridized carbons (Fsp3) is 0.302. The van der Waals surface area contributed by atoms with Crippen LogP contribution in [0, 0.1) is 5.41 Å². The Morgan fingerprint density at radius 1 is 0.567 bits per heavy atom. The van der Waals surface area contributed by atoms with E-state index in [1.165, 1.54) is 112 Å². The molecule has 0 atom stereocenters. The van der Waals surface area contributed by atoms with Crippen LogP contribution in [0.4, 0.5) is 34.1 Å². The topological polar surface area (TPSA) is 11.4 Å². The maximum absolute atomic E-state index is 2.70. The molecule has 0 radical (unpaired) electrons. The molecule has 0 fully saturated rings. The zero-order valence-electron chi connectivity index (χ0n) is 42.3. The first-order chi connectivity index (χ1) is 31.6. The molecule has 0 amide bonds. The summed E-state index contributed by atoms with van der Waals surface area (Å²) in [5.74, 6) is 0. The normalized spacial score (nSPS) is 18.6. The monoisotopic (exact) mass is 876 g/mol. The molecule has 3 nitrogen and oxygen atoms in total. The van der Waals surface area contributed by atoms with E-state index in [-0.39, 0.29) is 33.8 Å². The van der Waals surface area contributed by atoms with E-state index in [4.69, 9.17) is 0 Å². The number of hydrogen-bond acceptors (Lipinski definition) is 2. The van der Waals surface area contributed by atoms with E-state index in [1.54, 1.807) is 0 Å². The Hall–Kier alpha value is -6.26. The van der Waals surface area contributed by atoms with Crippen molar-refractivity contribution in [3.8, 4) is 11.1 Å². The first-order valence-corrected chi connectivity index (χ1v) is 24.6. The third-order valence-electron chi connectivity index (χ3n) is 15.7. The van der Waals surface area contributed by atoms with Crippen LogP contribution in [0.25, 0.3) is 27.7 Å². The molecule has 6 aromatic carbocycles. The second-order valence-electron chi connectivity index (χ2n) is 23.9. The van der Waals surface area contributed by atoms with E-state index in [9.17, 15) is 0 Å². The van der Waals surface area contributed by atoms with Crippen LogP contribution in [0.1, 0.15) is 125 Å². The number of anilines is 6. The van der Waals surface area contributed by atoms with Crippen molar-refractivity contribution in [3.63, 3.8) is 0 Å². The standard InChI is InChI=1S/C63H66BN3/c1-15-43-29-27-42(61(8,9)10)38-62(11,12)41-28-36-51-50(37-41)64-55-52(65(51)44-30-23-39(24-31-44)59(2,3)4)21-18-22-53(55)66(45-32-25-40(26-33-45)60(5,6)7)57-47-34-35-49-54(56(47)67(43)58(57)64)46-19-16-17-20-48(46)63(49,13)14/h15-38H,1-14H3/b29-27-,42-38-,43-15+. The van der Waals surface area contributed by atoms with Gasteiger partial charge in [0, 0.05) is 61.5 Å².